The third kappa shape index (κ3) is 5.93. The van der Waals surface area contributed by atoms with E-state index in [2.05, 4.69) is 0 Å². The van der Waals surface area contributed by atoms with E-state index in [1.807, 2.05) is 13.8 Å². The van der Waals surface area contributed by atoms with Crippen LogP contribution in [0, 0.1) is 5.92 Å². The van der Waals surface area contributed by atoms with E-state index in [0.717, 1.165) is 0 Å². The van der Waals surface area contributed by atoms with Crippen LogP contribution in [0.2, 0.25) is 0 Å². The lowest BCUT2D eigenvalue weighted by Crippen LogP contribution is -2.49. The van der Waals surface area contributed by atoms with Gasteiger partial charge in [-0.25, -0.2) is 0 Å². The molecule has 0 aromatic carbocycles. The fourth-order valence-electron chi connectivity index (χ4n) is 1.53. The SMILES string of the molecule is CC(C)C[C@H](N)C(=O)O[C@@H](C=O)[C@@H](O)[C@H](O)[C@H](O)CO. The predicted molar refractivity (Wildman–Crippen MR) is 68.5 cm³/mol. The second-order valence-corrected chi connectivity index (χ2v) is 5.00. The first-order valence-electron chi connectivity index (χ1n) is 6.31. The van der Waals surface area contributed by atoms with Gasteiger partial charge in [-0.05, 0) is 12.3 Å². The smallest absolute Gasteiger partial charge is 0.323 e. The van der Waals surface area contributed by atoms with Crippen molar-refractivity contribution in [2.75, 3.05) is 6.61 Å². The summed E-state index contributed by atoms with van der Waals surface area (Å²) in [6.45, 7) is 2.88. The van der Waals surface area contributed by atoms with Gasteiger partial charge in [-0.15, -0.1) is 0 Å². The average molecular weight is 293 g/mol. The van der Waals surface area contributed by atoms with Crippen LogP contribution in [-0.4, -0.2) is 69.7 Å². The molecule has 118 valence electrons. The number of aliphatic hydroxyl groups is 4. The van der Waals surface area contributed by atoms with Gasteiger partial charge in [-0.2, -0.15) is 0 Å². The van der Waals surface area contributed by atoms with E-state index >= 15 is 0 Å². The van der Waals surface area contributed by atoms with Gasteiger partial charge in [-0.1, -0.05) is 13.8 Å². The molecule has 0 radical (unpaired) electrons. The maximum atomic E-state index is 11.6. The number of aliphatic hydroxyl groups excluding tert-OH is 4. The normalized spacial score (nSPS) is 19.0. The Balaban J connectivity index is 4.61. The van der Waals surface area contributed by atoms with Crippen molar-refractivity contribution in [3.05, 3.63) is 0 Å². The molecule has 20 heavy (non-hydrogen) atoms. The van der Waals surface area contributed by atoms with Crippen molar-refractivity contribution >= 4 is 12.3 Å². The molecule has 8 nitrogen and oxygen atoms in total. The molecule has 0 unspecified atom stereocenters. The van der Waals surface area contributed by atoms with Gasteiger partial charge < -0.3 is 30.9 Å². The largest absolute Gasteiger partial charge is 0.451 e. The summed E-state index contributed by atoms with van der Waals surface area (Å²) in [6, 6.07) is -0.954. The van der Waals surface area contributed by atoms with Gasteiger partial charge in [0.1, 0.15) is 24.4 Å². The highest BCUT2D eigenvalue weighted by Crippen LogP contribution is 2.10. The molecule has 0 spiro atoms. The van der Waals surface area contributed by atoms with Crippen LogP contribution in [0.3, 0.4) is 0 Å². The van der Waals surface area contributed by atoms with Crippen molar-refractivity contribution in [2.45, 2.75) is 50.7 Å². The standard InChI is InChI=1S/C12H23NO7/c1-6(2)3-7(13)12(19)20-9(5-15)11(18)10(17)8(16)4-14/h5-11,14,16-18H,3-4,13H2,1-2H3/t7-,8+,9-,10+,11+/m0/s1. The molecule has 0 aliphatic rings. The summed E-state index contributed by atoms with van der Waals surface area (Å²) >= 11 is 0. The second kappa shape index (κ2) is 8.98. The lowest BCUT2D eigenvalue weighted by molar-refractivity contribution is -0.169. The van der Waals surface area contributed by atoms with Crippen LogP contribution in [-0.2, 0) is 14.3 Å². The molecule has 5 atom stereocenters. The van der Waals surface area contributed by atoms with Gasteiger partial charge in [0, 0.05) is 0 Å². The molecule has 0 aromatic rings. The van der Waals surface area contributed by atoms with E-state index in [1.165, 1.54) is 0 Å². The Kier molecular flexibility index (Phi) is 8.51. The predicted octanol–water partition coefficient (Wildman–Crippen LogP) is -2.45. The van der Waals surface area contributed by atoms with Gasteiger partial charge in [-0.3, -0.25) is 9.59 Å². The minimum atomic E-state index is -1.86. The van der Waals surface area contributed by atoms with Gasteiger partial charge in [0.25, 0.3) is 0 Å². The Morgan fingerprint density at radius 3 is 2.20 bits per heavy atom. The number of carbonyl (C=O) groups excluding carboxylic acids is 2. The van der Waals surface area contributed by atoms with Crippen LogP contribution in [0.4, 0.5) is 0 Å². The van der Waals surface area contributed by atoms with Crippen LogP contribution in [0.25, 0.3) is 0 Å². The van der Waals surface area contributed by atoms with Crippen molar-refractivity contribution in [3.63, 3.8) is 0 Å². The Labute approximate surface area is 117 Å². The van der Waals surface area contributed by atoms with Crippen molar-refractivity contribution in [1.29, 1.82) is 0 Å². The van der Waals surface area contributed by atoms with Crippen LogP contribution in [0.5, 0.6) is 0 Å². The van der Waals surface area contributed by atoms with Crippen molar-refractivity contribution in [2.24, 2.45) is 11.7 Å². The van der Waals surface area contributed by atoms with Gasteiger partial charge in [0.15, 0.2) is 12.4 Å². The van der Waals surface area contributed by atoms with Gasteiger partial charge in [0.2, 0.25) is 0 Å². The average Bonchev–Trinajstić information content (AvgIpc) is 2.40. The number of hydrogen-bond donors (Lipinski definition) is 5. The summed E-state index contributed by atoms with van der Waals surface area (Å²) in [5, 5.41) is 36.9. The first-order valence-corrected chi connectivity index (χ1v) is 6.31. The molecule has 0 aliphatic carbocycles. The van der Waals surface area contributed by atoms with Crippen molar-refractivity contribution in [1.82, 2.24) is 0 Å². The molecule has 0 saturated carbocycles. The fourth-order valence-corrected chi connectivity index (χ4v) is 1.53. The van der Waals surface area contributed by atoms with Gasteiger partial charge in [0.05, 0.1) is 6.61 Å². The monoisotopic (exact) mass is 293 g/mol. The first-order chi connectivity index (χ1) is 9.24. The van der Waals surface area contributed by atoms with E-state index in [1.54, 1.807) is 0 Å². The molecular weight excluding hydrogens is 270 g/mol. The number of aldehydes is 1. The van der Waals surface area contributed by atoms with Crippen molar-refractivity contribution < 1.29 is 34.8 Å². The molecule has 0 saturated heterocycles. The Hall–Kier alpha value is -1.06. The summed E-state index contributed by atoms with van der Waals surface area (Å²) in [6.07, 6.45) is -6.55. The molecule has 0 amide bonds. The number of esters is 1. The summed E-state index contributed by atoms with van der Waals surface area (Å²) in [5.74, 6) is -0.750. The molecule has 0 rings (SSSR count). The zero-order chi connectivity index (χ0) is 15.9. The minimum absolute atomic E-state index is 0.123. The highest BCUT2D eigenvalue weighted by atomic mass is 16.6. The van der Waals surface area contributed by atoms with E-state index in [4.69, 9.17) is 20.7 Å². The molecule has 0 bridgehead atoms. The number of carbonyl (C=O) groups is 2. The molecule has 8 heteroatoms. The summed E-state index contributed by atoms with van der Waals surface area (Å²) in [4.78, 5) is 22.4. The molecule has 0 aliphatic heterocycles. The van der Waals surface area contributed by atoms with Crippen LogP contribution >= 0.6 is 0 Å². The Bertz CT molecular complexity index is 310. The van der Waals surface area contributed by atoms with Crippen LogP contribution in [0.1, 0.15) is 20.3 Å². The Morgan fingerprint density at radius 2 is 1.80 bits per heavy atom. The van der Waals surface area contributed by atoms with E-state index in [-0.39, 0.29) is 12.2 Å². The fraction of sp³-hybridized carbons (Fsp3) is 0.833. The number of ether oxygens (including phenoxy) is 1. The maximum Gasteiger partial charge on any atom is 0.323 e. The molecule has 6 N–H and O–H groups in total. The first kappa shape index (κ1) is 18.9. The summed E-state index contributed by atoms with van der Waals surface area (Å²) < 4.78 is 4.71. The highest BCUT2D eigenvalue weighted by molar-refractivity contribution is 5.77. The number of rotatable bonds is 9. The molecular formula is C12H23NO7. The molecule has 0 heterocycles. The lowest BCUT2D eigenvalue weighted by atomic mass is 10.0. The summed E-state index contributed by atoms with van der Waals surface area (Å²) in [7, 11) is 0. The zero-order valence-corrected chi connectivity index (χ0v) is 11.5. The van der Waals surface area contributed by atoms with Crippen molar-refractivity contribution in [3.8, 4) is 0 Å². The lowest BCUT2D eigenvalue weighted by Gasteiger charge is -2.26. The topological polar surface area (TPSA) is 150 Å². The highest BCUT2D eigenvalue weighted by Gasteiger charge is 2.34. The van der Waals surface area contributed by atoms with Gasteiger partial charge >= 0.3 is 5.97 Å². The minimum Gasteiger partial charge on any atom is -0.451 e. The summed E-state index contributed by atoms with van der Waals surface area (Å²) in [5.41, 5.74) is 5.56. The Morgan fingerprint density at radius 1 is 1.25 bits per heavy atom. The van der Waals surface area contributed by atoms with Crippen LogP contribution in [0.15, 0.2) is 0 Å². The second-order valence-electron chi connectivity index (χ2n) is 5.00. The zero-order valence-electron chi connectivity index (χ0n) is 11.5. The van der Waals surface area contributed by atoms with E-state index < -0.39 is 43.0 Å². The quantitative estimate of drug-likeness (QED) is 0.232. The molecule has 0 aromatic heterocycles. The number of nitrogens with two attached hydrogens (primary N) is 1. The third-order valence-electron chi connectivity index (χ3n) is 2.68. The maximum absolute atomic E-state index is 11.6. The molecule has 0 fully saturated rings. The van der Waals surface area contributed by atoms with E-state index in [9.17, 15) is 19.8 Å². The number of hydrogen-bond acceptors (Lipinski definition) is 8. The van der Waals surface area contributed by atoms with E-state index in [0.29, 0.717) is 6.42 Å². The van der Waals surface area contributed by atoms with Crippen LogP contribution < -0.4 is 5.73 Å². The third-order valence-corrected chi connectivity index (χ3v) is 2.68.